The number of benzene rings is 2. The van der Waals surface area contributed by atoms with Crippen LogP contribution in [0.4, 0.5) is 11.4 Å². The Bertz CT molecular complexity index is 882. The van der Waals surface area contributed by atoms with Crippen molar-refractivity contribution in [1.29, 1.82) is 0 Å². The molecule has 3 rings (SSSR count). The van der Waals surface area contributed by atoms with Crippen molar-refractivity contribution in [3.05, 3.63) is 53.1 Å². The average Bonchev–Trinajstić information content (AvgIpc) is 2.64. The van der Waals surface area contributed by atoms with Crippen LogP contribution in [0.5, 0.6) is 5.75 Å². The van der Waals surface area contributed by atoms with Crippen LogP contribution in [0.25, 0.3) is 0 Å². The number of para-hydroxylation sites is 1. The molecule has 0 atom stereocenters. The van der Waals surface area contributed by atoms with E-state index in [1.165, 1.54) is 4.90 Å². The van der Waals surface area contributed by atoms with Gasteiger partial charge in [-0.05, 0) is 30.3 Å². The van der Waals surface area contributed by atoms with E-state index in [1.54, 1.807) is 49.5 Å². The maximum Gasteiger partial charge on any atom is 0.264 e. The number of nitrogens with one attached hydrogen (secondary N) is 1. The minimum atomic E-state index is -0.292. The van der Waals surface area contributed by atoms with Gasteiger partial charge in [0, 0.05) is 25.5 Å². The highest BCUT2D eigenvalue weighted by molar-refractivity contribution is 6.33. The lowest BCUT2D eigenvalue weighted by Gasteiger charge is -2.26. The number of rotatable bonds is 5. The zero-order valence-corrected chi connectivity index (χ0v) is 14.9. The summed E-state index contributed by atoms with van der Waals surface area (Å²) in [5.74, 6) is -0.102. The molecule has 1 heterocycles. The summed E-state index contributed by atoms with van der Waals surface area (Å²) >= 11 is 5.99. The number of halogens is 1. The summed E-state index contributed by atoms with van der Waals surface area (Å²) in [7, 11) is 1.63. The monoisotopic (exact) mass is 372 g/mol. The van der Waals surface area contributed by atoms with E-state index in [2.05, 4.69) is 5.32 Å². The van der Waals surface area contributed by atoms with E-state index >= 15 is 0 Å². The number of fused-ring (bicyclic) bond motifs is 1. The second-order valence-corrected chi connectivity index (χ2v) is 6.28. The molecule has 0 spiro atoms. The highest BCUT2D eigenvalue weighted by Gasteiger charge is 2.23. The van der Waals surface area contributed by atoms with Crippen LogP contribution in [0.15, 0.2) is 42.5 Å². The van der Waals surface area contributed by atoms with E-state index in [0.717, 1.165) is 0 Å². The van der Waals surface area contributed by atoms with Crippen molar-refractivity contribution in [2.45, 2.75) is 12.8 Å². The van der Waals surface area contributed by atoms with Crippen molar-refractivity contribution in [2.75, 3.05) is 23.9 Å². The molecule has 7 heteroatoms. The Kier molecular flexibility index (Phi) is 5.23. The van der Waals surface area contributed by atoms with Gasteiger partial charge in [-0.2, -0.15) is 0 Å². The van der Waals surface area contributed by atoms with Crippen LogP contribution in [0.1, 0.15) is 23.2 Å². The van der Waals surface area contributed by atoms with Gasteiger partial charge in [0.15, 0.2) is 12.4 Å². The summed E-state index contributed by atoms with van der Waals surface area (Å²) in [4.78, 5) is 37.6. The summed E-state index contributed by atoms with van der Waals surface area (Å²) in [5, 5.41) is 3.12. The predicted molar refractivity (Wildman–Crippen MR) is 99.0 cm³/mol. The first-order chi connectivity index (χ1) is 12.5. The number of likely N-dealkylation sites (N-methyl/N-ethyl adjacent to an activating group) is 1. The van der Waals surface area contributed by atoms with Gasteiger partial charge in [0.25, 0.3) is 5.91 Å². The Morgan fingerprint density at radius 3 is 2.73 bits per heavy atom. The van der Waals surface area contributed by atoms with Gasteiger partial charge in [-0.1, -0.05) is 23.7 Å². The third-order valence-corrected chi connectivity index (χ3v) is 4.42. The smallest absolute Gasteiger partial charge is 0.264 e. The standard InChI is InChI=1S/C19H17ClN2O4/c1-22-15-10-12(6-8-17(15)26-11-19(22)25)16(23)7-9-18(24)21-14-5-3-2-4-13(14)20/h2-6,8,10H,7,9,11H2,1H3,(H,21,24). The number of hydrogen-bond donors (Lipinski definition) is 1. The molecular formula is C19H17ClN2O4. The van der Waals surface area contributed by atoms with Gasteiger partial charge in [0.2, 0.25) is 5.91 Å². The van der Waals surface area contributed by atoms with Crippen LogP contribution in [-0.2, 0) is 9.59 Å². The van der Waals surface area contributed by atoms with Crippen molar-refractivity contribution >= 4 is 40.6 Å². The zero-order chi connectivity index (χ0) is 18.7. The lowest BCUT2D eigenvalue weighted by molar-refractivity contribution is -0.121. The first kappa shape index (κ1) is 17.9. The van der Waals surface area contributed by atoms with Gasteiger partial charge < -0.3 is 15.0 Å². The molecule has 1 aliphatic heterocycles. The highest BCUT2D eigenvalue weighted by atomic mass is 35.5. The molecule has 0 radical (unpaired) electrons. The fourth-order valence-electron chi connectivity index (χ4n) is 2.59. The summed E-state index contributed by atoms with van der Waals surface area (Å²) in [6.07, 6.45) is 0.0833. The number of hydrogen-bond acceptors (Lipinski definition) is 4. The van der Waals surface area contributed by atoms with Crippen molar-refractivity contribution < 1.29 is 19.1 Å². The number of anilines is 2. The number of carbonyl (C=O) groups excluding carboxylic acids is 3. The Morgan fingerprint density at radius 2 is 1.96 bits per heavy atom. The molecule has 0 saturated carbocycles. The minimum Gasteiger partial charge on any atom is -0.482 e. The third kappa shape index (κ3) is 3.86. The summed E-state index contributed by atoms with van der Waals surface area (Å²) in [6, 6.07) is 11.8. The van der Waals surface area contributed by atoms with E-state index in [9.17, 15) is 14.4 Å². The number of nitrogens with zero attached hydrogens (tertiary/aromatic N) is 1. The van der Waals surface area contributed by atoms with Crippen molar-refractivity contribution in [3.8, 4) is 5.75 Å². The van der Waals surface area contributed by atoms with Gasteiger partial charge in [0.1, 0.15) is 5.75 Å². The van der Waals surface area contributed by atoms with E-state index < -0.39 is 0 Å². The van der Waals surface area contributed by atoms with E-state index in [1.807, 2.05) is 0 Å². The number of ether oxygens (including phenoxy) is 1. The van der Waals surface area contributed by atoms with Gasteiger partial charge in [-0.25, -0.2) is 0 Å². The lowest BCUT2D eigenvalue weighted by atomic mass is 10.0. The molecule has 2 aromatic rings. The van der Waals surface area contributed by atoms with Crippen LogP contribution in [0.2, 0.25) is 5.02 Å². The van der Waals surface area contributed by atoms with Gasteiger partial charge in [0.05, 0.1) is 16.4 Å². The zero-order valence-electron chi connectivity index (χ0n) is 14.1. The first-order valence-electron chi connectivity index (χ1n) is 8.06. The molecule has 2 aromatic carbocycles. The van der Waals surface area contributed by atoms with Crippen LogP contribution in [0, 0.1) is 0 Å². The third-order valence-electron chi connectivity index (χ3n) is 4.09. The number of amides is 2. The van der Waals surface area contributed by atoms with Crippen LogP contribution in [-0.4, -0.2) is 31.3 Å². The largest absolute Gasteiger partial charge is 0.482 e. The second-order valence-electron chi connectivity index (χ2n) is 5.88. The van der Waals surface area contributed by atoms with Crippen LogP contribution >= 0.6 is 11.6 Å². The molecule has 0 aromatic heterocycles. The molecule has 0 aliphatic carbocycles. The van der Waals surface area contributed by atoms with Gasteiger partial charge in [-0.15, -0.1) is 0 Å². The van der Waals surface area contributed by atoms with Crippen molar-refractivity contribution in [3.63, 3.8) is 0 Å². The Hall–Kier alpha value is -2.86. The predicted octanol–water partition coefficient (Wildman–Crippen LogP) is 3.30. The SMILES string of the molecule is CN1C(=O)COc2ccc(C(=O)CCC(=O)Nc3ccccc3Cl)cc21. The van der Waals surface area contributed by atoms with Gasteiger partial charge in [-0.3, -0.25) is 14.4 Å². The minimum absolute atomic E-state index is 0.0149. The molecule has 0 fully saturated rings. The molecule has 6 nitrogen and oxygen atoms in total. The number of carbonyl (C=O) groups is 3. The van der Waals surface area contributed by atoms with E-state index in [-0.39, 0.29) is 37.0 Å². The Balaban J connectivity index is 1.63. The molecule has 1 aliphatic rings. The molecule has 1 N–H and O–H groups in total. The van der Waals surface area contributed by atoms with E-state index in [4.69, 9.17) is 16.3 Å². The fraction of sp³-hybridized carbons (Fsp3) is 0.211. The molecule has 134 valence electrons. The second kappa shape index (κ2) is 7.58. The summed E-state index contributed by atoms with van der Waals surface area (Å²) < 4.78 is 5.34. The van der Waals surface area contributed by atoms with E-state index in [0.29, 0.717) is 27.7 Å². The normalized spacial score (nSPS) is 13.0. The molecule has 0 saturated heterocycles. The first-order valence-corrected chi connectivity index (χ1v) is 8.44. The van der Waals surface area contributed by atoms with Crippen molar-refractivity contribution in [1.82, 2.24) is 0 Å². The Labute approximate surface area is 155 Å². The maximum absolute atomic E-state index is 12.4. The number of Topliss-reactive ketones (excluding diaryl/α,β-unsaturated/α-hetero) is 1. The summed E-state index contributed by atoms with van der Waals surface area (Å²) in [5.41, 5.74) is 1.49. The summed E-state index contributed by atoms with van der Waals surface area (Å²) in [6.45, 7) is -0.0149. The molecular weight excluding hydrogens is 356 g/mol. The van der Waals surface area contributed by atoms with Crippen molar-refractivity contribution in [2.24, 2.45) is 0 Å². The molecule has 26 heavy (non-hydrogen) atoms. The molecule has 0 unspecified atom stereocenters. The maximum atomic E-state index is 12.4. The van der Waals surface area contributed by atoms with Crippen LogP contribution in [0.3, 0.4) is 0 Å². The molecule has 0 bridgehead atoms. The molecule has 2 amide bonds. The average molecular weight is 373 g/mol. The topological polar surface area (TPSA) is 75.7 Å². The number of ketones is 1. The van der Waals surface area contributed by atoms with Crippen LogP contribution < -0.4 is 15.0 Å². The van der Waals surface area contributed by atoms with Gasteiger partial charge >= 0.3 is 0 Å². The highest BCUT2D eigenvalue weighted by Crippen LogP contribution is 2.32. The Morgan fingerprint density at radius 1 is 1.19 bits per heavy atom. The quantitative estimate of drug-likeness (QED) is 0.817. The fourth-order valence-corrected chi connectivity index (χ4v) is 2.78. The lowest BCUT2D eigenvalue weighted by Crippen LogP contribution is -2.35.